The van der Waals surface area contributed by atoms with Gasteiger partial charge in [-0.2, -0.15) is 0 Å². The molecule has 16 heavy (non-hydrogen) atoms. The lowest BCUT2D eigenvalue weighted by atomic mass is 10.3. The molecule has 0 aromatic carbocycles. The van der Waals surface area contributed by atoms with Crippen molar-refractivity contribution in [2.75, 3.05) is 24.4 Å². The molecule has 0 aliphatic heterocycles. The molecule has 7 heteroatoms. The number of nitrogens with zero attached hydrogens (tertiary/aromatic N) is 2. The van der Waals surface area contributed by atoms with Crippen LogP contribution < -0.4 is 21.3 Å². The number of anilines is 2. The van der Waals surface area contributed by atoms with Crippen molar-refractivity contribution in [3.05, 3.63) is 6.33 Å². The minimum Gasteiger partial charge on any atom is -0.490 e. The van der Waals surface area contributed by atoms with E-state index in [1.807, 2.05) is 0 Å². The van der Waals surface area contributed by atoms with Crippen LogP contribution in [0.3, 0.4) is 0 Å². The van der Waals surface area contributed by atoms with Crippen LogP contribution in [-0.2, 0) is 0 Å². The Morgan fingerprint density at radius 1 is 1.50 bits per heavy atom. The molecule has 0 radical (unpaired) electrons. The lowest BCUT2D eigenvalue weighted by Crippen LogP contribution is -2.14. The van der Waals surface area contributed by atoms with Gasteiger partial charge in [-0.1, -0.05) is 0 Å². The Morgan fingerprint density at radius 2 is 2.19 bits per heavy atom. The van der Waals surface area contributed by atoms with E-state index in [9.17, 15) is 0 Å². The topological polar surface area (TPSA) is 105 Å². The first-order chi connectivity index (χ1) is 7.69. The summed E-state index contributed by atoms with van der Waals surface area (Å²) >= 11 is 0. The van der Waals surface area contributed by atoms with E-state index in [-0.39, 0.29) is 6.10 Å². The van der Waals surface area contributed by atoms with E-state index in [2.05, 4.69) is 20.7 Å². The number of aliphatic hydroxyl groups is 1. The van der Waals surface area contributed by atoms with Gasteiger partial charge in [-0.3, -0.25) is 0 Å². The maximum Gasteiger partial charge on any atom is 0.205 e. The van der Waals surface area contributed by atoms with Crippen molar-refractivity contribution in [1.29, 1.82) is 0 Å². The minimum atomic E-state index is -0.354. The SMILES string of the molecule is COc1c(NN)ncnc1NCCC(C)O. The Labute approximate surface area is 94.0 Å². The van der Waals surface area contributed by atoms with E-state index >= 15 is 0 Å². The number of aliphatic hydroxyl groups excluding tert-OH is 1. The van der Waals surface area contributed by atoms with E-state index in [4.69, 9.17) is 15.7 Å². The van der Waals surface area contributed by atoms with Crippen LogP contribution in [0.1, 0.15) is 13.3 Å². The summed E-state index contributed by atoms with van der Waals surface area (Å²) in [7, 11) is 1.51. The Morgan fingerprint density at radius 3 is 2.75 bits per heavy atom. The van der Waals surface area contributed by atoms with Gasteiger partial charge in [-0.25, -0.2) is 15.8 Å². The van der Waals surface area contributed by atoms with Crippen molar-refractivity contribution in [2.24, 2.45) is 5.84 Å². The first-order valence-electron chi connectivity index (χ1n) is 4.96. The fourth-order valence-corrected chi connectivity index (χ4v) is 1.20. The summed E-state index contributed by atoms with van der Waals surface area (Å²) in [6.45, 7) is 2.32. The van der Waals surface area contributed by atoms with Crippen LogP contribution in [0.4, 0.5) is 11.6 Å². The van der Waals surface area contributed by atoms with Crippen LogP contribution in [0, 0.1) is 0 Å². The molecule has 90 valence electrons. The minimum absolute atomic E-state index is 0.354. The van der Waals surface area contributed by atoms with Crippen LogP contribution in [0.2, 0.25) is 0 Å². The Bertz CT molecular complexity index is 332. The molecule has 1 atom stereocenters. The third kappa shape index (κ3) is 3.21. The number of ether oxygens (including phenoxy) is 1. The second-order valence-electron chi connectivity index (χ2n) is 3.31. The lowest BCUT2D eigenvalue weighted by molar-refractivity contribution is 0.188. The third-order valence-electron chi connectivity index (χ3n) is 2.00. The first kappa shape index (κ1) is 12.5. The lowest BCUT2D eigenvalue weighted by Gasteiger charge is -2.12. The van der Waals surface area contributed by atoms with Gasteiger partial charge < -0.3 is 20.6 Å². The van der Waals surface area contributed by atoms with E-state index < -0.39 is 0 Å². The number of nitrogen functional groups attached to an aromatic ring is 1. The Balaban J connectivity index is 2.71. The predicted molar refractivity (Wildman–Crippen MR) is 61.2 cm³/mol. The van der Waals surface area contributed by atoms with Gasteiger partial charge in [0, 0.05) is 6.54 Å². The van der Waals surface area contributed by atoms with Crippen molar-refractivity contribution in [3.8, 4) is 5.75 Å². The highest BCUT2D eigenvalue weighted by molar-refractivity contribution is 5.62. The largest absolute Gasteiger partial charge is 0.490 e. The number of rotatable bonds is 6. The van der Waals surface area contributed by atoms with Crippen LogP contribution >= 0.6 is 0 Å². The van der Waals surface area contributed by atoms with Crippen LogP contribution in [0.25, 0.3) is 0 Å². The van der Waals surface area contributed by atoms with Crippen molar-refractivity contribution < 1.29 is 9.84 Å². The number of hydrazine groups is 1. The molecular formula is C9H17N5O2. The van der Waals surface area contributed by atoms with Gasteiger partial charge in [-0.05, 0) is 13.3 Å². The molecule has 0 spiro atoms. The molecule has 0 aliphatic rings. The summed E-state index contributed by atoms with van der Waals surface area (Å²) < 4.78 is 5.13. The fraction of sp³-hybridized carbons (Fsp3) is 0.556. The van der Waals surface area contributed by atoms with Crippen molar-refractivity contribution >= 4 is 11.6 Å². The normalized spacial score (nSPS) is 12.0. The average molecular weight is 227 g/mol. The second kappa shape index (κ2) is 6.09. The number of hydrogen-bond acceptors (Lipinski definition) is 7. The summed E-state index contributed by atoms with van der Waals surface area (Å²) in [5, 5.41) is 12.2. The van der Waals surface area contributed by atoms with E-state index in [1.54, 1.807) is 6.92 Å². The summed E-state index contributed by atoms with van der Waals surface area (Å²) in [6, 6.07) is 0. The summed E-state index contributed by atoms with van der Waals surface area (Å²) in [5.74, 6) is 6.70. The smallest absolute Gasteiger partial charge is 0.205 e. The molecule has 0 amide bonds. The summed E-state index contributed by atoms with van der Waals surface area (Å²) in [6.07, 6.45) is 1.65. The quantitative estimate of drug-likeness (QED) is 0.399. The van der Waals surface area contributed by atoms with Gasteiger partial charge in [0.2, 0.25) is 5.75 Å². The highest BCUT2D eigenvalue weighted by Gasteiger charge is 2.10. The molecule has 5 N–H and O–H groups in total. The molecule has 1 heterocycles. The molecule has 0 aliphatic carbocycles. The number of nitrogens with two attached hydrogens (primary N) is 1. The molecular weight excluding hydrogens is 210 g/mol. The van der Waals surface area contributed by atoms with Gasteiger partial charge in [0.1, 0.15) is 6.33 Å². The molecule has 1 unspecified atom stereocenters. The van der Waals surface area contributed by atoms with Gasteiger partial charge in [0.25, 0.3) is 0 Å². The molecule has 1 rings (SSSR count). The Kier molecular flexibility index (Phi) is 4.74. The van der Waals surface area contributed by atoms with Crippen molar-refractivity contribution in [2.45, 2.75) is 19.4 Å². The monoisotopic (exact) mass is 227 g/mol. The van der Waals surface area contributed by atoms with Crippen molar-refractivity contribution in [1.82, 2.24) is 9.97 Å². The van der Waals surface area contributed by atoms with Crippen LogP contribution in [0.15, 0.2) is 6.33 Å². The molecule has 1 aromatic heterocycles. The zero-order valence-electron chi connectivity index (χ0n) is 9.40. The Hall–Kier alpha value is -1.60. The summed E-state index contributed by atoms with van der Waals surface area (Å²) in [4.78, 5) is 7.94. The average Bonchev–Trinajstić information content (AvgIpc) is 2.28. The van der Waals surface area contributed by atoms with E-state index in [1.165, 1.54) is 13.4 Å². The first-order valence-corrected chi connectivity index (χ1v) is 4.96. The third-order valence-corrected chi connectivity index (χ3v) is 2.00. The molecule has 0 saturated carbocycles. The van der Waals surface area contributed by atoms with Gasteiger partial charge in [-0.15, -0.1) is 0 Å². The number of aromatic nitrogens is 2. The van der Waals surface area contributed by atoms with Crippen LogP contribution in [0.5, 0.6) is 5.75 Å². The predicted octanol–water partition coefficient (Wildman–Crippen LogP) is -0.0464. The highest BCUT2D eigenvalue weighted by Crippen LogP contribution is 2.27. The maximum atomic E-state index is 9.12. The zero-order chi connectivity index (χ0) is 12.0. The molecule has 0 fully saturated rings. The summed E-state index contributed by atoms with van der Waals surface area (Å²) in [5.41, 5.74) is 2.42. The van der Waals surface area contributed by atoms with Crippen LogP contribution in [-0.4, -0.2) is 34.8 Å². The number of nitrogens with one attached hydrogen (secondary N) is 2. The van der Waals surface area contributed by atoms with Gasteiger partial charge >= 0.3 is 0 Å². The number of methoxy groups -OCH3 is 1. The van der Waals surface area contributed by atoms with Gasteiger partial charge in [0.15, 0.2) is 11.6 Å². The molecule has 7 nitrogen and oxygen atoms in total. The molecule has 1 aromatic rings. The molecule has 0 saturated heterocycles. The van der Waals surface area contributed by atoms with Gasteiger partial charge in [0.05, 0.1) is 13.2 Å². The second-order valence-corrected chi connectivity index (χ2v) is 3.31. The molecule has 0 bridgehead atoms. The van der Waals surface area contributed by atoms with Crippen molar-refractivity contribution in [3.63, 3.8) is 0 Å². The zero-order valence-corrected chi connectivity index (χ0v) is 9.40. The van der Waals surface area contributed by atoms with E-state index in [0.717, 1.165) is 0 Å². The standard InChI is InChI=1S/C9H17N5O2/c1-6(15)3-4-11-8-7(16-2)9(14-10)13-5-12-8/h5-6,15H,3-4,10H2,1-2H3,(H2,11,12,13,14). The number of hydrogen-bond donors (Lipinski definition) is 4. The highest BCUT2D eigenvalue weighted by atomic mass is 16.5. The maximum absolute atomic E-state index is 9.12. The van der Waals surface area contributed by atoms with E-state index in [0.29, 0.717) is 30.4 Å². The fourth-order valence-electron chi connectivity index (χ4n) is 1.20.